The molecule has 0 aliphatic rings. The molecule has 4 nitrogen and oxygen atoms in total. The fraction of sp³-hybridized carbons (Fsp3) is 0.333. The molecule has 100 valence electrons. The van der Waals surface area contributed by atoms with Gasteiger partial charge in [-0.15, -0.1) is 0 Å². The van der Waals surface area contributed by atoms with Gasteiger partial charge in [-0.3, -0.25) is 0 Å². The first-order valence-electron chi connectivity index (χ1n) is 6.24. The van der Waals surface area contributed by atoms with Gasteiger partial charge in [-0.1, -0.05) is 39.0 Å². The van der Waals surface area contributed by atoms with Crippen LogP contribution >= 0.6 is 0 Å². The second kappa shape index (κ2) is 5.26. The Labute approximate surface area is 113 Å². The van der Waals surface area contributed by atoms with Crippen molar-refractivity contribution in [3.05, 3.63) is 42.1 Å². The lowest BCUT2D eigenvalue weighted by atomic mass is 9.92. The summed E-state index contributed by atoms with van der Waals surface area (Å²) >= 11 is 0. The third-order valence-corrected chi connectivity index (χ3v) is 2.70. The smallest absolute Gasteiger partial charge is 0.318 e. The highest BCUT2D eigenvalue weighted by Gasteiger charge is 2.18. The van der Waals surface area contributed by atoms with Crippen molar-refractivity contribution in [3.8, 4) is 6.01 Å². The van der Waals surface area contributed by atoms with Crippen LogP contribution in [0.25, 0.3) is 0 Å². The number of para-hydroxylation sites is 1. The lowest BCUT2D eigenvalue weighted by Gasteiger charge is -2.19. The molecule has 0 saturated heterocycles. The Morgan fingerprint density at radius 3 is 2.32 bits per heavy atom. The molecule has 0 spiro atoms. The molecule has 2 rings (SSSR count). The molecule has 4 heteroatoms. The third-order valence-electron chi connectivity index (χ3n) is 2.70. The van der Waals surface area contributed by atoms with Crippen LogP contribution in [-0.4, -0.2) is 17.1 Å². The van der Waals surface area contributed by atoms with Gasteiger partial charge >= 0.3 is 6.01 Å². The van der Waals surface area contributed by atoms with Crippen LogP contribution in [0.4, 0.5) is 11.5 Å². The average molecular weight is 257 g/mol. The summed E-state index contributed by atoms with van der Waals surface area (Å²) in [4.78, 5) is 8.71. The van der Waals surface area contributed by atoms with E-state index in [1.54, 1.807) is 7.11 Å². The predicted molar refractivity (Wildman–Crippen MR) is 77.0 cm³/mol. The molecule has 19 heavy (non-hydrogen) atoms. The lowest BCUT2D eigenvalue weighted by Crippen LogP contribution is -2.15. The first-order chi connectivity index (χ1) is 8.99. The molecule has 1 N–H and O–H groups in total. The van der Waals surface area contributed by atoms with E-state index in [-0.39, 0.29) is 5.41 Å². The van der Waals surface area contributed by atoms with E-state index in [2.05, 4.69) is 36.1 Å². The number of nitrogens with one attached hydrogen (secondary N) is 1. The van der Waals surface area contributed by atoms with Crippen LogP contribution in [0.1, 0.15) is 26.5 Å². The van der Waals surface area contributed by atoms with Crippen molar-refractivity contribution in [2.75, 3.05) is 12.4 Å². The average Bonchev–Trinajstić information content (AvgIpc) is 2.38. The number of ether oxygens (including phenoxy) is 1. The summed E-state index contributed by atoms with van der Waals surface area (Å²) in [5, 5.41) is 3.26. The van der Waals surface area contributed by atoms with Crippen LogP contribution in [0.15, 0.2) is 36.4 Å². The zero-order valence-electron chi connectivity index (χ0n) is 11.8. The van der Waals surface area contributed by atoms with Crippen LogP contribution in [0, 0.1) is 0 Å². The summed E-state index contributed by atoms with van der Waals surface area (Å²) in [5.41, 5.74) is 1.88. The molecule has 0 unspecified atom stereocenters. The monoisotopic (exact) mass is 257 g/mol. The van der Waals surface area contributed by atoms with Gasteiger partial charge in [-0.05, 0) is 12.1 Å². The maximum Gasteiger partial charge on any atom is 0.318 e. The molecule has 0 bridgehead atoms. The highest BCUT2D eigenvalue weighted by molar-refractivity contribution is 5.56. The number of nitrogens with zero attached hydrogens (tertiary/aromatic N) is 2. The van der Waals surface area contributed by atoms with Crippen molar-refractivity contribution in [2.45, 2.75) is 26.2 Å². The minimum Gasteiger partial charge on any atom is -0.467 e. The Kier molecular flexibility index (Phi) is 3.69. The number of aromatic nitrogens is 2. The Morgan fingerprint density at radius 2 is 1.74 bits per heavy atom. The van der Waals surface area contributed by atoms with Gasteiger partial charge in [0, 0.05) is 17.2 Å². The minimum absolute atomic E-state index is 0.0522. The molecule has 1 aromatic heterocycles. The number of methoxy groups -OCH3 is 1. The fourth-order valence-electron chi connectivity index (χ4n) is 1.63. The van der Waals surface area contributed by atoms with Gasteiger partial charge in [0.05, 0.1) is 12.8 Å². The molecule has 0 amide bonds. The maximum atomic E-state index is 5.17. The second-order valence-corrected chi connectivity index (χ2v) is 5.37. The Morgan fingerprint density at radius 1 is 1.05 bits per heavy atom. The maximum absolute atomic E-state index is 5.17. The highest BCUT2D eigenvalue weighted by Crippen LogP contribution is 2.25. The van der Waals surface area contributed by atoms with E-state index in [0.29, 0.717) is 6.01 Å². The molecule has 0 radical (unpaired) electrons. The van der Waals surface area contributed by atoms with Crippen LogP contribution in [0.5, 0.6) is 6.01 Å². The van der Waals surface area contributed by atoms with E-state index in [0.717, 1.165) is 17.2 Å². The van der Waals surface area contributed by atoms with E-state index >= 15 is 0 Å². The normalized spacial score (nSPS) is 11.2. The van der Waals surface area contributed by atoms with Gasteiger partial charge in [0.1, 0.15) is 5.82 Å². The van der Waals surface area contributed by atoms with E-state index in [4.69, 9.17) is 4.74 Å². The summed E-state index contributed by atoms with van der Waals surface area (Å²) in [6, 6.07) is 12.3. The first-order valence-corrected chi connectivity index (χ1v) is 6.24. The molecule has 0 aliphatic carbocycles. The Bertz CT molecular complexity index is 547. The molecule has 0 atom stereocenters. The van der Waals surface area contributed by atoms with Crippen molar-refractivity contribution in [1.29, 1.82) is 0 Å². The van der Waals surface area contributed by atoms with Crippen LogP contribution in [0.3, 0.4) is 0 Å². The quantitative estimate of drug-likeness (QED) is 0.913. The van der Waals surface area contributed by atoms with Crippen LogP contribution < -0.4 is 10.1 Å². The lowest BCUT2D eigenvalue weighted by molar-refractivity contribution is 0.374. The van der Waals surface area contributed by atoms with Crippen molar-refractivity contribution in [2.24, 2.45) is 0 Å². The van der Waals surface area contributed by atoms with Crippen LogP contribution in [0.2, 0.25) is 0 Å². The predicted octanol–water partition coefficient (Wildman–Crippen LogP) is 3.53. The molecular weight excluding hydrogens is 238 g/mol. The zero-order chi connectivity index (χ0) is 13.9. The summed E-state index contributed by atoms with van der Waals surface area (Å²) in [6.45, 7) is 6.34. The molecule has 1 heterocycles. The first kappa shape index (κ1) is 13.3. The summed E-state index contributed by atoms with van der Waals surface area (Å²) in [5.74, 6) is 0.739. The minimum atomic E-state index is -0.0522. The zero-order valence-corrected chi connectivity index (χ0v) is 11.8. The van der Waals surface area contributed by atoms with E-state index in [1.165, 1.54) is 0 Å². The Hall–Kier alpha value is -2.10. The molecule has 1 aromatic carbocycles. The fourth-order valence-corrected chi connectivity index (χ4v) is 1.63. The van der Waals surface area contributed by atoms with E-state index in [1.807, 2.05) is 36.4 Å². The molecular formula is C15H19N3O. The molecule has 2 aromatic rings. The van der Waals surface area contributed by atoms with Gasteiger partial charge in [-0.2, -0.15) is 9.97 Å². The SMILES string of the molecule is COc1nc(Nc2ccccc2)cc(C(C)(C)C)n1. The molecule has 0 saturated carbocycles. The summed E-state index contributed by atoms with van der Waals surface area (Å²) in [6.07, 6.45) is 0. The third kappa shape index (κ3) is 3.44. The highest BCUT2D eigenvalue weighted by atomic mass is 16.5. The molecule has 0 aliphatic heterocycles. The van der Waals surface area contributed by atoms with Crippen molar-refractivity contribution >= 4 is 11.5 Å². The van der Waals surface area contributed by atoms with Gasteiger partial charge < -0.3 is 10.1 Å². The largest absolute Gasteiger partial charge is 0.467 e. The van der Waals surface area contributed by atoms with E-state index < -0.39 is 0 Å². The van der Waals surface area contributed by atoms with Gasteiger partial charge in [0.25, 0.3) is 0 Å². The Balaban J connectivity index is 2.35. The van der Waals surface area contributed by atoms with Gasteiger partial charge in [0.2, 0.25) is 0 Å². The number of hydrogen-bond acceptors (Lipinski definition) is 4. The van der Waals surface area contributed by atoms with Crippen molar-refractivity contribution < 1.29 is 4.74 Å². The number of rotatable bonds is 3. The number of benzene rings is 1. The van der Waals surface area contributed by atoms with E-state index in [9.17, 15) is 0 Å². The number of hydrogen-bond donors (Lipinski definition) is 1. The molecule has 0 fully saturated rings. The van der Waals surface area contributed by atoms with Crippen LogP contribution in [-0.2, 0) is 5.41 Å². The van der Waals surface area contributed by atoms with Crippen molar-refractivity contribution in [3.63, 3.8) is 0 Å². The standard InChI is InChI=1S/C15H19N3O/c1-15(2,3)12-10-13(18-14(17-12)19-4)16-11-8-6-5-7-9-11/h5-10H,1-4H3,(H,16,17,18). The summed E-state index contributed by atoms with van der Waals surface area (Å²) in [7, 11) is 1.58. The van der Waals surface area contributed by atoms with Crippen molar-refractivity contribution in [1.82, 2.24) is 9.97 Å². The van der Waals surface area contributed by atoms with Gasteiger partial charge in [-0.25, -0.2) is 0 Å². The topological polar surface area (TPSA) is 47.0 Å². The van der Waals surface area contributed by atoms with Gasteiger partial charge in [0.15, 0.2) is 0 Å². The second-order valence-electron chi connectivity index (χ2n) is 5.37. The summed E-state index contributed by atoms with van der Waals surface area (Å²) < 4.78 is 5.17. The number of anilines is 2.